The Labute approximate surface area is 97.3 Å². The summed E-state index contributed by atoms with van der Waals surface area (Å²) in [5.74, 6) is 0. The van der Waals surface area contributed by atoms with Gasteiger partial charge in [0.2, 0.25) is 0 Å². The van der Waals surface area contributed by atoms with Gasteiger partial charge in [0, 0.05) is 25.4 Å². The van der Waals surface area contributed by atoms with Crippen molar-refractivity contribution in [3.63, 3.8) is 0 Å². The molecule has 1 heterocycles. The van der Waals surface area contributed by atoms with Crippen molar-refractivity contribution in [2.75, 3.05) is 13.1 Å². The Morgan fingerprint density at radius 2 is 2.00 bits per heavy atom. The number of hydrogen-bond donors (Lipinski definition) is 1. The topological polar surface area (TPSA) is 53.6 Å². The van der Waals surface area contributed by atoms with Crippen LogP contribution >= 0.6 is 0 Å². The van der Waals surface area contributed by atoms with Crippen LogP contribution < -0.4 is 5.32 Å². The minimum absolute atomic E-state index is 0.683. The van der Waals surface area contributed by atoms with Crippen molar-refractivity contribution in [3.8, 4) is 6.07 Å². The smallest absolute Gasteiger partial charge is 0.0945 e. The van der Waals surface area contributed by atoms with E-state index in [1.54, 1.807) is 0 Å². The summed E-state index contributed by atoms with van der Waals surface area (Å²) in [6, 6.07) is 2.16. The Bertz CT molecular complexity index is 286. The molecular formula is C12H20N4. The standard InChI is InChI=1S/C12H20N4/c13-6-2-1-3-7-14-8-4-5-10-16-11-9-15-12-16/h9,11-12,14H,1-5,7-8,10H2. The molecule has 4 heteroatoms. The molecule has 0 amide bonds. The molecule has 0 unspecified atom stereocenters. The van der Waals surface area contributed by atoms with Gasteiger partial charge in [-0.25, -0.2) is 4.98 Å². The summed E-state index contributed by atoms with van der Waals surface area (Å²) in [5, 5.41) is 11.7. The highest BCUT2D eigenvalue weighted by molar-refractivity contribution is 4.73. The fraction of sp³-hybridized carbons (Fsp3) is 0.667. The van der Waals surface area contributed by atoms with Crippen molar-refractivity contribution in [1.29, 1.82) is 5.26 Å². The number of nitriles is 1. The van der Waals surface area contributed by atoms with E-state index in [4.69, 9.17) is 5.26 Å². The highest BCUT2D eigenvalue weighted by atomic mass is 15.0. The van der Waals surface area contributed by atoms with Gasteiger partial charge in [0.15, 0.2) is 0 Å². The number of rotatable bonds is 9. The van der Waals surface area contributed by atoms with Crippen LogP contribution in [0, 0.1) is 11.3 Å². The van der Waals surface area contributed by atoms with Crippen molar-refractivity contribution < 1.29 is 0 Å². The predicted molar refractivity (Wildman–Crippen MR) is 63.8 cm³/mol. The molecule has 0 saturated carbocycles. The molecular weight excluding hydrogens is 200 g/mol. The van der Waals surface area contributed by atoms with Crippen LogP contribution in [0.1, 0.15) is 32.1 Å². The summed E-state index contributed by atoms with van der Waals surface area (Å²) in [5.41, 5.74) is 0. The number of nitrogens with one attached hydrogen (secondary N) is 1. The van der Waals surface area contributed by atoms with Crippen LogP contribution in [-0.2, 0) is 6.54 Å². The Balaban J connectivity index is 1.80. The van der Waals surface area contributed by atoms with Gasteiger partial charge in [0.25, 0.3) is 0 Å². The minimum Gasteiger partial charge on any atom is -0.337 e. The lowest BCUT2D eigenvalue weighted by Gasteiger charge is -2.04. The van der Waals surface area contributed by atoms with Crippen LogP contribution in [0.3, 0.4) is 0 Å². The normalized spacial score (nSPS) is 10.2. The molecule has 0 spiro atoms. The van der Waals surface area contributed by atoms with E-state index < -0.39 is 0 Å². The van der Waals surface area contributed by atoms with Crippen LogP contribution in [0.25, 0.3) is 0 Å². The Morgan fingerprint density at radius 3 is 2.69 bits per heavy atom. The average Bonchev–Trinajstić information content (AvgIpc) is 2.80. The van der Waals surface area contributed by atoms with Crippen LogP contribution in [0.2, 0.25) is 0 Å². The quantitative estimate of drug-likeness (QED) is 0.647. The maximum absolute atomic E-state index is 8.35. The molecule has 0 radical (unpaired) electrons. The fourth-order valence-corrected chi connectivity index (χ4v) is 1.54. The van der Waals surface area contributed by atoms with Gasteiger partial charge in [-0.2, -0.15) is 5.26 Å². The first kappa shape index (κ1) is 12.7. The second kappa shape index (κ2) is 8.93. The van der Waals surface area contributed by atoms with E-state index in [9.17, 15) is 0 Å². The Kier molecular flexibility index (Phi) is 7.10. The largest absolute Gasteiger partial charge is 0.337 e. The van der Waals surface area contributed by atoms with E-state index >= 15 is 0 Å². The summed E-state index contributed by atoms with van der Waals surface area (Å²) in [7, 11) is 0. The van der Waals surface area contributed by atoms with E-state index in [1.165, 1.54) is 12.8 Å². The molecule has 0 atom stereocenters. The van der Waals surface area contributed by atoms with Crippen LogP contribution in [-0.4, -0.2) is 22.6 Å². The summed E-state index contributed by atoms with van der Waals surface area (Å²) >= 11 is 0. The first-order chi connectivity index (χ1) is 7.93. The first-order valence-corrected chi connectivity index (χ1v) is 5.97. The first-order valence-electron chi connectivity index (χ1n) is 5.97. The van der Waals surface area contributed by atoms with Gasteiger partial charge in [-0.1, -0.05) is 0 Å². The molecule has 0 aliphatic rings. The third kappa shape index (κ3) is 6.20. The van der Waals surface area contributed by atoms with Crippen molar-refractivity contribution in [3.05, 3.63) is 18.7 Å². The Morgan fingerprint density at radius 1 is 1.19 bits per heavy atom. The number of nitrogens with zero attached hydrogens (tertiary/aromatic N) is 3. The van der Waals surface area contributed by atoms with E-state index in [1.807, 2.05) is 18.7 Å². The average molecular weight is 220 g/mol. The summed E-state index contributed by atoms with van der Waals surface area (Å²) in [4.78, 5) is 4.00. The number of aromatic nitrogens is 2. The van der Waals surface area contributed by atoms with Crippen LogP contribution in [0.15, 0.2) is 18.7 Å². The number of unbranched alkanes of at least 4 members (excludes halogenated alkanes) is 3. The molecule has 0 aliphatic heterocycles. The van der Waals surface area contributed by atoms with E-state index in [-0.39, 0.29) is 0 Å². The lowest BCUT2D eigenvalue weighted by atomic mass is 10.2. The van der Waals surface area contributed by atoms with Crippen molar-refractivity contribution >= 4 is 0 Å². The molecule has 1 N–H and O–H groups in total. The number of hydrogen-bond acceptors (Lipinski definition) is 3. The molecule has 0 aliphatic carbocycles. The number of aryl methyl sites for hydroxylation is 1. The zero-order valence-corrected chi connectivity index (χ0v) is 9.73. The summed E-state index contributed by atoms with van der Waals surface area (Å²) in [6.07, 6.45) is 10.8. The van der Waals surface area contributed by atoms with Gasteiger partial charge < -0.3 is 9.88 Å². The van der Waals surface area contributed by atoms with Gasteiger partial charge in [0.1, 0.15) is 0 Å². The monoisotopic (exact) mass is 220 g/mol. The van der Waals surface area contributed by atoms with Gasteiger partial charge in [-0.15, -0.1) is 0 Å². The zero-order chi connectivity index (χ0) is 11.5. The van der Waals surface area contributed by atoms with E-state index in [0.717, 1.165) is 32.5 Å². The van der Waals surface area contributed by atoms with E-state index in [0.29, 0.717) is 6.42 Å². The molecule has 88 valence electrons. The SMILES string of the molecule is N#CCCCCNCCCCn1ccnc1. The van der Waals surface area contributed by atoms with Crippen molar-refractivity contribution in [2.24, 2.45) is 0 Å². The highest BCUT2D eigenvalue weighted by Crippen LogP contribution is 1.95. The van der Waals surface area contributed by atoms with Gasteiger partial charge >= 0.3 is 0 Å². The van der Waals surface area contributed by atoms with E-state index in [2.05, 4.69) is 20.9 Å². The molecule has 16 heavy (non-hydrogen) atoms. The highest BCUT2D eigenvalue weighted by Gasteiger charge is 1.91. The molecule has 4 nitrogen and oxygen atoms in total. The lowest BCUT2D eigenvalue weighted by Crippen LogP contribution is -2.17. The van der Waals surface area contributed by atoms with Crippen LogP contribution in [0.5, 0.6) is 0 Å². The molecule has 0 fully saturated rings. The lowest BCUT2D eigenvalue weighted by molar-refractivity contribution is 0.556. The molecule has 0 saturated heterocycles. The number of imidazole rings is 1. The molecule has 1 aromatic rings. The van der Waals surface area contributed by atoms with Gasteiger partial charge in [0.05, 0.1) is 12.4 Å². The third-order valence-corrected chi connectivity index (χ3v) is 2.47. The Hall–Kier alpha value is -1.34. The maximum atomic E-state index is 8.35. The predicted octanol–water partition coefficient (Wildman–Crippen LogP) is 1.95. The summed E-state index contributed by atoms with van der Waals surface area (Å²) in [6.45, 7) is 3.16. The molecule has 1 rings (SSSR count). The second-order valence-electron chi connectivity index (χ2n) is 3.87. The third-order valence-electron chi connectivity index (χ3n) is 2.47. The van der Waals surface area contributed by atoms with Gasteiger partial charge in [-0.05, 0) is 38.8 Å². The van der Waals surface area contributed by atoms with Crippen molar-refractivity contribution in [1.82, 2.24) is 14.9 Å². The second-order valence-corrected chi connectivity index (χ2v) is 3.87. The van der Waals surface area contributed by atoms with Gasteiger partial charge in [-0.3, -0.25) is 0 Å². The molecule has 0 aromatic carbocycles. The molecule has 0 bridgehead atoms. The van der Waals surface area contributed by atoms with Crippen molar-refractivity contribution in [2.45, 2.75) is 38.6 Å². The maximum Gasteiger partial charge on any atom is 0.0945 e. The summed E-state index contributed by atoms with van der Waals surface area (Å²) < 4.78 is 2.10. The minimum atomic E-state index is 0.683. The fourth-order valence-electron chi connectivity index (χ4n) is 1.54. The molecule has 1 aromatic heterocycles. The van der Waals surface area contributed by atoms with Crippen LogP contribution in [0.4, 0.5) is 0 Å². The zero-order valence-electron chi connectivity index (χ0n) is 9.73.